The van der Waals surface area contributed by atoms with Crippen molar-refractivity contribution in [3.63, 3.8) is 0 Å². The van der Waals surface area contributed by atoms with Gasteiger partial charge in [0.2, 0.25) is 5.91 Å². The van der Waals surface area contributed by atoms with Crippen LogP contribution >= 0.6 is 0 Å². The summed E-state index contributed by atoms with van der Waals surface area (Å²) in [6.07, 6.45) is 26.1. The molecule has 0 radical (unpaired) electrons. The molecule has 3 aliphatic rings. The van der Waals surface area contributed by atoms with Crippen LogP contribution in [0.2, 0.25) is 0 Å². The SMILES string of the molecule is CCCCCCCCCC/C=C\CCCCCCCCCCCCCCCCCCCC(=O)NC(COC1OC(CO)C(OC2OC(CO)C(OC3OC(CO)C(O)C(O)C3O)C(O)C2O)C(O)C1O)C(O)CCCCCCCCCCCCC. The fourth-order valence-electron chi connectivity index (χ4n) is 12.0. The van der Waals surface area contributed by atoms with E-state index in [0.717, 1.165) is 44.9 Å². The van der Waals surface area contributed by atoms with Crippen molar-refractivity contribution >= 4 is 5.91 Å². The number of rotatable bonds is 53. The standard InChI is InChI=1S/C66H125NO18/c1-3-5-7-9-11-13-15-16-17-18-19-20-21-22-23-24-25-26-27-28-29-30-31-32-34-36-38-40-42-44-54(72)67-49(50(71)43-41-39-37-35-33-14-12-10-8-6-4-2)48-80-64-60(78)57(75)62(52(46-69)82-64)85-66-61(79)58(76)63(53(47-70)83-66)84-65-59(77)56(74)55(73)51(45-68)81-65/h18-19,49-53,55-66,68-71,73-79H,3-17,20-48H2,1-2H3,(H,67,72)/b19-18-. The molecule has 0 aromatic rings. The Balaban J connectivity index is 1.36. The Hall–Kier alpha value is -1.47. The Morgan fingerprint density at radius 2 is 0.741 bits per heavy atom. The van der Waals surface area contributed by atoms with Crippen LogP contribution in [0.1, 0.15) is 271 Å². The van der Waals surface area contributed by atoms with Gasteiger partial charge in [-0.25, -0.2) is 0 Å². The molecule has 0 aromatic carbocycles. The minimum absolute atomic E-state index is 0.239. The van der Waals surface area contributed by atoms with Crippen LogP contribution in [0.15, 0.2) is 12.2 Å². The first-order chi connectivity index (χ1) is 41.3. The average molecular weight is 1220 g/mol. The predicted molar refractivity (Wildman–Crippen MR) is 328 cm³/mol. The lowest BCUT2D eigenvalue weighted by molar-refractivity contribution is -0.379. The number of hydrogen-bond donors (Lipinski definition) is 12. The minimum atomic E-state index is -1.97. The minimum Gasteiger partial charge on any atom is -0.394 e. The summed E-state index contributed by atoms with van der Waals surface area (Å²) in [5, 5.41) is 120. The second kappa shape index (κ2) is 49.3. The Morgan fingerprint density at radius 3 is 1.14 bits per heavy atom. The van der Waals surface area contributed by atoms with E-state index in [-0.39, 0.29) is 18.9 Å². The van der Waals surface area contributed by atoms with E-state index in [2.05, 4.69) is 31.3 Å². The van der Waals surface area contributed by atoms with Gasteiger partial charge >= 0.3 is 0 Å². The summed E-state index contributed by atoms with van der Waals surface area (Å²) < 4.78 is 34.3. The van der Waals surface area contributed by atoms with Crippen molar-refractivity contribution in [2.75, 3.05) is 26.4 Å². The fraction of sp³-hybridized carbons (Fsp3) is 0.955. The maximum atomic E-state index is 13.4. The topological polar surface area (TPSA) is 307 Å². The summed E-state index contributed by atoms with van der Waals surface area (Å²) in [7, 11) is 0. The Morgan fingerprint density at radius 1 is 0.412 bits per heavy atom. The Bertz CT molecular complexity index is 1600. The highest BCUT2D eigenvalue weighted by atomic mass is 16.8. The number of carbonyl (C=O) groups excluding carboxylic acids is 1. The molecule has 3 saturated heterocycles. The number of carbonyl (C=O) groups is 1. The summed E-state index contributed by atoms with van der Waals surface area (Å²) in [5.74, 6) is -0.239. The normalized spacial score (nSPS) is 29.0. The van der Waals surface area contributed by atoms with Crippen LogP contribution in [0.25, 0.3) is 0 Å². The molecule has 3 aliphatic heterocycles. The predicted octanol–water partition coefficient (Wildman–Crippen LogP) is 8.50. The molecule has 85 heavy (non-hydrogen) atoms. The van der Waals surface area contributed by atoms with Crippen LogP contribution in [0.5, 0.6) is 0 Å². The van der Waals surface area contributed by atoms with Crippen LogP contribution in [0.3, 0.4) is 0 Å². The summed E-state index contributed by atoms with van der Waals surface area (Å²) >= 11 is 0. The van der Waals surface area contributed by atoms with Crippen LogP contribution in [-0.2, 0) is 33.2 Å². The van der Waals surface area contributed by atoms with Crippen LogP contribution < -0.4 is 5.32 Å². The van der Waals surface area contributed by atoms with Crippen molar-refractivity contribution in [3.8, 4) is 0 Å². The number of nitrogens with one attached hydrogen (secondary N) is 1. The Kier molecular flexibility index (Phi) is 45.1. The third-order valence-corrected chi connectivity index (χ3v) is 17.6. The van der Waals surface area contributed by atoms with Gasteiger partial charge in [0.25, 0.3) is 0 Å². The van der Waals surface area contributed by atoms with E-state index in [1.807, 2.05) is 0 Å². The molecule has 0 saturated carbocycles. The zero-order chi connectivity index (χ0) is 61.9. The maximum absolute atomic E-state index is 13.4. The summed E-state index contributed by atoms with van der Waals surface area (Å²) in [5.41, 5.74) is 0. The van der Waals surface area contributed by atoms with Crippen molar-refractivity contribution in [1.82, 2.24) is 5.32 Å². The maximum Gasteiger partial charge on any atom is 0.220 e. The number of unbranched alkanes of at least 4 members (excludes halogenated alkanes) is 35. The molecule has 0 spiro atoms. The van der Waals surface area contributed by atoms with Gasteiger partial charge in [0.15, 0.2) is 18.9 Å². The van der Waals surface area contributed by atoms with Gasteiger partial charge in [-0.05, 0) is 38.5 Å². The first-order valence-electron chi connectivity index (χ1n) is 34.4. The molecule has 3 rings (SSSR count). The molecule has 1 amide bonds. The van der Waals surface area contributed by atoms with Gasteiger partial charge in [0.05, 0.1) is 38.6 Å². The zero-order valence-electron chi connectivity index (χ0n) is 52.9. The van der Waals surface area contributed by atoms with Crippen molar-refractivity contribution in [2.45, 2.75) is 375 Å². The highest BCUT2D eigenvalue weighted by Gasteiger charge is 2.53. The lowest BCUT2D eigenvalue weighted by Crippen LogP contribution is -2.66. The van der Waals surface area contributed by atoms with Gasteiger partial charge in [-0.2, -0.15) is 0 Å². The number of amides is 1. The van der Waals surface area contributed by atoms with E-state index in [0.29, 0.717) is 12.8 Å². The highest BCUT2D eigenvalue weighted by molar-refractivity contribution is 5.76. The second-order valence-electron chi connectivity index (χ2n) is 25.0. The van der Waals surface area contributed by atoms with Crippen LogP contribution in [0, 0.1) is 0 Å². The average Bonchev–Trinajstić information content (AvgIpc) is 3.05. The molecule has 19 nitrogen and oxygen atoms in total. The van der Waals surface area contributed by atoms with E-state index in [9.17, 15) is 61.0 Å². The molecule has 502 valence electrons. The van der Waals surface area contributed by atoms with Gasteiger partial charge in [-0.1, -0.05) is 238 Å². The van der Waals surface area contributed by atoms with Gasteiger partial charge in [0, 0.05) is 6.42 Å². The summed E-state index contributed by atoms with van der Waals surface area (Å²) in [4.78, 5) is 13.4. The van der Waals surface area contributed by atoms with Crippen molar-refractivity contribution in [2.24, 2.45) is 0 Å². The van der Waals surface area contributed by atoms with Gasteiger partial charge in [-0.15, -0.1) is 0 Å². The summed E-state index contributed by atoms with van der Waals surface area (Å²) in [6.45, 7) is 1.80. The van der Waals surface area contributed by atoms with E-state index in [1.165, 1.54) is 193 Å². The van der Waals surface area contributed by atoms with Crippen molar-refractivity contribution in [3.05, 3.63) is 12.2 Å². The number of hydrogen-bond acceptors (Lipinski definition) is 18. The van der Waals surface area contributed by atoms with Crippen molar-refractivity contribution < 1.29 is 89.4 Å². The third kappa shape index (κ3) is 31.9. The molecule has 0 aromatic heterocycles. The molecule has 3 heterocycles. The van der Waals surface area contributed by atoms with E-state index in [1.54, 1.807) is 0 Å². The van der Waals surface area contributed by atoms with Crippen LogP contribution in [0.4, 0.5) is 0 Å². The first kappa shape index (κ1) is 77.8. The largest absolute Gasteiger partial charge is 0.394 e. The molecule has 0 aliphatic carbocycles. The van der Waals surface area contributed by atoms with Crippen molar-refractivity contribution in [1.29, 1.82) is 0 Å². The number of ether oxygens (including phenoxy) is 6. The molecule has 17 unspecified atom stereocenters. The molecular weight excluding hydrogens is 1090 g/mol. The second-order valence-corrected chi connectivity index (χ2v) is 25.0. The third-order valence-electron chi connectivity index (χ3n) is 17.6. The smallest absolute Gasteiger partial charge is 0.220 e. The molecule has 12 N–H and O–H groups in total. The van der Waals surface area contributed by atoms with Gasteiger partial charge < -0.3 is 89.9 Å². The van der Waals surface area contributed by atoms with Gasteiger partial charge in [0.1, 0.15) is 73.2 Å². The van der Waals surface area contributed by atoms with Gasteiger partial charge in [-0.3, -0.25) is 4.79 Å². The quantitative estimate of drug-likeness (QED) is 0.0201. The monoisotopic (exact) mass is 1220 g/mol. The molecule has 3 fully saturated rings. The van der Waals surface area contributed by atoms with E-state index in [4.69, 9.17) is 28.4 Å². The number of aliphatic hydroxyl groups excluding tert-OH is 11. The molecule has 19 heteroatoms. The number of allylic oxidation sites excluding steroid dienone is 2. The lowest BCUT2D eigenvalue weighted by atomic mass is 9.96. The molecular formula is C66H125NO18. The lowest BCUT2D eigenvalue weighted by Gasteiger charge is -2.48. The summed E-state index contributed by atoms with van der Waals surface area (Å²) in [6, 6.07) is -0.882. The van der Waals surface area contributed by atoms with Crippen LogP contribution in [-0.4, -0.2) is 193 Å². The first-order valence-corrected chi connectivity index (χ1v) is 34.4. The fourth-order valence-corrected chi connectivity index (χ4v) is 12.0. The zero-order valence-corrected chi connectivity index (χ0v) is 52.9. The van der Waals surface area contributed by atoms with E-state index < -0.39 is 124 Å². The molecule has 0 bridgehead atoms. The number of aliphatic hydroxyl groups is 11. The van der Waals surface area contributed by atoms with E-state index >= 15 is 0 Å². The highest BCUT2D eigenvalue weighted by Crippen LogP contribution is 2.33. The Labute approximate surface area is 512 Å². The molecule has 17 atom stereocenters.